The molecule has 2 aromatic rings. The number of anilines is 1. The van der Waals surface area contributed by atoms with Gasteiger partial charge in [-0.05, 0) is 55.6 Å². The van der Waals surface area contributed by atoms with Crippen LogP contribution < -0.4 is 4.90 Å². The van der Waals surface area contributed by atoms with Crippen molar-refractivity contribution in [3.63, 3.8) is 0 Å². The summed E-state index contributed by atoms with van der Waals surface area (Å²) in [4.78, 5) is 19.5. The minimum atomic E-state index is -0.863. The van der Waals surface area contributed by atoms with Crippen molar-refractivity contribution in [2.24, 2.45) is 5.92 Å². The Hall–Kier alpha value is -2.36. The lowest BCUT2D eigenvalue weighted by atomic mass is 9.82. The number of piperidine rings is 1. The van der Waals surface area contributed by atoms with Crippen molar-refractivity contribution < 1.29 is 9.90 Å². The van der Waals surface area contributed by atoms with Gasteiger partial charge in [-0.2, -0.15) is 0 Å². The fraction of sp³-hybridized carbons (Fsp3) is 0.455. The SMILES string of the molecule is CC1CCc2nc(N3CCCCC3)c(C(=O)O)c(-c3ccccc3)c2C1. The summed E-state index contributed by atoms with van der Waals surface area (Å²) in [5, 5.41) is 10.1. The van der Waals surface area contributed by atoms with Crippen LogP contribution in [0.15, 0.2) is 30.3 Å². The lowest BCUT2D eigenvalue weighted by Gasteiger charge is -2.32. The van der Waals surface area contributed by atoms with Gasteiger partial charge in [0.15, 0.2) is 0 Å². The number of aromatic nitrogens is 1. The van der Waals surface area contributed by atoms with Gasteiger partial charge in [-0.3, -0.25) is 0 Å². The molecular formula is C22H26N2O2. The average Bonchev–Trinajstić information content (AvgIpc) is 2.67. The maximum absolute atomic E-state index is 12.4. The molecule has 4 heteroatoms. The summed E-state index contributed by atoms with van der Waals surface area (Å²) >= 11 is 0. The Morgan fingerprint density at radius 1 is 1.15 bits per heavy atom. The Morgan fingerprint density at radius 2 is 1.88 bits per heavy atom. The molecule has 0 bridgehead atoms. The van der Waals surface area contributed by atoms with E-state index < -0.39 is 5.97 Å². The maximum Gasteiger partial charge on any atom is 0.340 e. The molecule has 0 radical (unpaired) electrons. The van der Waals surface area contributed by atoms with Gasteiger partial charge in [0.05, 0.1) is 0 Å². The number of nitrogens with zero attached hydrogens (tertiary/aromatic N) is 2. The summed E-state index contributed by atoms with van der Waals surface area (Å²) in [6.07, 6.45) is 6.41. The Bertz CT molecular complexity index is 811. The van der Waals surface area contributed by atoms with E-state index in [0.717, 1.165) is 67.6 Å². The lowest BCUT2D eigenvalue weighted by molar-refractivity contribution is 0.0697. The van der Waals surface area contributed by atoms with Gasteiger partial charge in [-0.15, -0.1) is 0 Å². The molecule has 1 saturated heterocycles. The number of benzene rings is 1. The normalized spacial score (nSPS) is 19.9. The van der Waals surface area contributed by atoms with Crippen LogP contribution in [0.3, 0.4) is 0 Å². The van der Waals surface area contributed by atoms with Gasteiger partial charge in [0.1, 0.15) is 11.4 Å². The van der Waals surface area contributed by atoms with E-state index >= 15 is 0 Å². The van der Waals surface area contributed by atoms with E-state index in [2.05, 4.69) is 11.8 Å². The number of carboxylic acid groups (broad SMARTS) is 1. The molecule has 1 unspecified atom stereocenters. The summed E-state index contributed by atoms with van der Waals surface area (Å²) in [7, 11) is 0. The summed E-state index contributed by atoms with van der Waals surface area (Å²) in [6.45, 7) is 4.05. The molecule has 4 nitrogen and oxygen atoms in total. The third kappa shape index (κ3) is 3.09. The molecule has 4 rings (SSSR count). The summed E-state index contributed by atoms with van der Waals surface area (Å²) in [6, 6.07) is 10.0. The minimum absolute atomic E-state index is 0.394. The Morgan fingerprint density at radius 3 is 2.58 bits per heavy atom. The van der Waals surface area contributed by atoms with E-state index in [1.807, 2.05) is 30.3 Å². The van der Waals surface area contributed by atoms with Crippen molar-refractivity contribution >= 4 is 11.8 Å². The van der Waals surface area contributed by atoms with Crippen LogP contribution in [0.2, 0.25) is 0 Å². The molecule has 1 aliphatic carbocycles. The number of carboxylic acids is 1. The second-order valence-corrected chi connectivity index (χ2v) is 7.68. The predicted octanol–water partition coefficient (Wildman–Crippen LogP) is 4.56. The molecule has 1 fully saturated rings. The van der Waals surface area contributed by atoms with Crippen molar-refractivity contribution in [3.05, 3.63) is 47.2 Å². The molecule has 2 heterocycles. The first kappa shape index (κ1) is 17.1. The van der Waals surface area contributed by atoms with Gasteiger partial charge < -0.3 is 10.0 Å². The first-order valence-electron chi connectivity index (χ1n) is 9.74. The molecule has 1 aliphatic heterocycles. The molecular weight excluding hydrogens is 324 g/mol. The fourth-order valence-corrected chi connectivity index (χ4v) is 4.38. The van der Waals surface area contributed by atoms with E-state index in [1.54, 1.807) is 0 Å². The molecule has 2 aliphatic rings. The highest BCUT2D eigenvalue weighted by molar-refractivity contribution is 6.02. The van der Waals surface area contributed by atoms with Crippen LogP contribution in [0.1, 0.15) is 54.2 Å². The zero-order valence-electron chi connectivity index (χ0n) is 15.4. The number of carbonyl (C=O) groups is 1. The molecule has 26 heavy (non-hydrogen) atoms. The minimum Gasteiger partial charge on any atom is -0.478 e. The van der Waals surface area contributed by atoms with Gasteiger partial charge in [-0.25, -0.2) is 9.78 Å². The van der Waals surface area contributed by atoms with E-state index in [0.29, 0.717) is 17.3 Å². The second-order valence-electron chi connectivity index (χ2n) is 7.68. The molecule has 1 atom stereocenters. The monoisotopic (exact) mass is 350 g/mol. The number of hydrogen-bond donors (Lipinski definition) is 1. The van der Waals surface area contributed by atoms with Crippen LogP contribution >= 0.6 is 0 Å². The average molecular weight is 350 g/mol. The molecule has 1 N–H and O–H groups in total. The van der Waals surface area contributed by atoms with Gasteiger partial charge in [0.2, 0.25) is 0 Å². The number of fused-ring (bicyclic) bond motifs is 1. The van der Waals surface area contributed by atoms with E-state index in [1.165, 1.54) is 6.42 Å². The second kappa shape index (κ2) is 7.10. The zero-order chi connectivity index (χ0) is 18.1. The third-order valence-electron chi connectivity index (χ3n) is 5.72. The molecule has 1 aromatic carbocycles. The van der Waals surface area contributed by atoms with Gasteiger partial charge >= 0.3 is 5.97 Å². The van der Waals surface area contributed by atoms with Crippen LogP contribution in [0.5, 0.6) is 0 Å². The van der Waals surface area contributed by atoms with Gasteiger partial charge in [0.25, 0.3) is 0 Å². The lowest BCUT2D eigenvalue weighted by Crippen LogP contribution is -2.33. The number of aromatic carboxylic acids is 1. The van der Waals surface area contributed by atoms with Crippen LogP contribution in [-0.4, -0.2) is 29.1 Å². The number of hydrogen-bond acceptors (Lipinski definition) is 3. The molecule has 1 aromatic heterocycles. The largest absolute Gasteiger partial charge is 0.478 e. The first-order chi connectivity index (χ1) is 12.6. The summed E-state index contributed by atoms with van der Waals surface area (Å²) in [5.41, 5.74) is 4.54. The smallest absolute Gasteiger partial charge is 0.340 e. The highest BCUT2D eigenvalue weighted by Crippen LogP contribution is 2.39. The number of aryl methyl sites for hydroxylation is 1. The van der Waals surface area contributed by atoms with Gasteiger partial charge in [-0.1, -0.05) is 37.3 Å². The summed E-state index contributed by atoms with van der Waals surface area (Å²) < 4.78 is 0. The Balaban J connectivity index is 1.97. The summed E-state index contributed by atoms with van der Waals surface area (Å²) in [5.74, 6) is 0.386. The van der Waals surface area contributed by atoms with E-state index in [-0.39, 0.29) is 0 Å². The molecule has 0 saturated carbocycles. The van der Waals surface area contributed by atoms with Crippen LogP contribution in [0.25, 0.3) is 11.1 Å². The predicted molar refractivity (Wildman–Crippen MR) is 104 cm³/mol. The van der Waals surface area contributed by atoms with Crippen molar-refractivity contribution in [1.82, 2.24) is 4.98 Å². The highest BCUT2D eigenvalue weighted by Gasteiger charge is 2.30. The zero-order valence-corrected chi connectivity index (χ0v) is 15.4. The van der Waals surface area contributed by atoms with Crippen molar-refractivity contribution in [2.45, 2.75) is 45.4 Å². The third-order valence-corrected chi connectivity index (χ3v) is 5.72. The van der Waals surface area contributed by atoms with Crippen molar-refractivity contribution in [2.75, 3.05) is 18.0 Å². The number of pyridine rings is 1. The van der Waals surface area contributed by atoms with Crippen LogP contribution in [-0.2, 0) is 12.8 Å². The van der Waals surface area contributed by atoms with Crippen LogP contribution in [0.4, 0.5) is 5.82 Å². The first-order valence-corrected chi connectivity index (χ1v) is 9.74. The molecule has 0 spiro atoms. The van der Waals surface area contributed by atoms with Crippen LogP contribution in [0, 0.1) is 5.92 Å². The number of rotatable bonds is 3. The molecule has 136 valence electrons. The topological polar surface area (TPSA) is 53.4 Å². The fourth-order valence-electron chi connectivity index (χ4n) is 4.38. The quantitative estimate of drug-likeness (QED) is 0.881. The highest BCUT2D eigenvalue weighted by atomic mass is 16.4. The molecule has 0 amide bonds. The maximum atomic E-state index is 12.4. The standard InChI is InChI=1S/C22H26N2O2/c1-15-10-11-18-17(14-15)19(16-8-4-2-5-9-16)20(22(25)26)21(23-18)24-12-6-3-7-13-24/h2,4-5,8-9,15H,3,6-7,10-14H2,1H3,(H,25,26). The Labute approximate surface area is 154 Å². The van der Waals surface area contributed by atoms with E-state index in [9.17, 15) is 9.90 Å². The van der Waals surface area contributed by atoms with Crippen molar-refractivity contribution in [1.29, 1.82) is 0 Å². The van der Waals surface area contributed by atoms with Crippen molar-refractivity contribution in [3.8, 4) is 11.1 Å². The Kier molecular flexibility index (Phi) is 4.66. The van der Waals surface area contributed by atoms with E-state index in [4.69, 9.17) is 4.98 Å². The van der Waals surface area contributed by atoms with Gasteiger partial charge in [0, 0.05) is 24.3 Å².